The number of benzene rings is 2. The largest absolute Gasteiger partial charge is 0.494 e. The van der Waals surface area contributed by atoms with Gasteiger partial charge in [0.15, 0.2) is 6.61 Å². The first-order valence-electron chi connectivity index (χ1n) is 9.33. The summed E-state index contributed by atoms with van der Waals surface area (Å²) >= 11 is 0. The number of carbonyl (C=O) groups excluding carboxylic acids is 2. The molecule has 0 saturated carbocycles. The van der Waals surface area contributed by atoms with Crippen LogP contribution in [0.5, 0.6) is 5.75 Å². The lowest BCUT2D eigenvalue weighted by atomic mass is 9.97. The molecule has 0 radical (unpaired) electrons. The second kappa shape index (κ2) is 10.4. The molecule has 1 amide bonds. The first kappa shape index (κ1) is 20.5. The van der Waals surface area contributed by atoms with Gasteiger partial charge in [0.05, 0.1) is 12.2 Å². The van der Waals surface area contributed by atoms with Gasteiger partial charge in [0.1, 0.15) is 5.75 Å². The third-order valence-electron chi connectivity index (χ3n) is 4.28. The minimum Gasteiger partial charge on any atom is -0.494 e. The van der Waals surface area contributed by atoms with E-state index >= 15 is 0 Å². The summed E-state index contributed by atoms with van der Waals surface area (Å²) in [6.07, 6.45) is 1.89. The zero-order valence-electron chi connectivity index (χ0n) is 16.2. The fraction of sp³-hybridized carbons (Fsp3) is 0.364. The molecule has 0 fully saturated rings. The second-order valence-electron chi connectivity index (χ2n) is 6.39. The third kappa shape index (κ3) is 6.13. The Morgan fingerprint density at radius 1 is 1.04 bits per heavy atom. The highest BCUT2D eigenvalue weighted by atomic mass is 16.5. The average molecular weight is 369 g/mol. The van der Waals surface area contributed by atoms with Crippen LogP contribution in [0.2, 0.25) is 0 Å². The van der Waals surface area contributed by atoms with Crippen molar-refractivity contribution in [3.8, 4) is 5.75 Å². The molecule has 5 nitrogen and oxygen atoms in total. The Hall–Kier alpha value is -2.82. The maximum atomic E-state index is 12.2. The summed E-state index contributed by atoms with van der Waals surface area (Å²) in [6.45, 7) is 6.53. The molecule has 2 rings (SSSR count). The van der Waals surface area contributed by atoms with Crippen molar-refractivity contribution in [2.45, 2.75) is 39.5 Å². The number of rotatable bonds is 9. The molecule has 0 aliphatic rings. The molecule has 0 aliphatic heterocycles. The number of amides is 1. The van der Waals surface area contributed by atoms with Crippen molar-refractivity contribution in [1.29, 1.82) is 0 Å². The summed E-state index contributed by atoms with van der Waals surface area (Å²) in [6, 6.07) is 14.4. The molecule has 5 heteroatoms. The lowest BCUT2D eigenvalue weighted by Crippen LogP contribution is -2.21. The number of esters is 1. The van der Waals surface area contributed by atoms with Crippen LogP contribution in [0.1, 0.15) is 55.5 Å². The van der Waals surface area contributed by atoms with Gasteiger partial charge >= 0.3 is 5.97 Å². The van der Waals surface area contributed by atoms with Crippen molar-refractivity contribution in [2.75, 3.05) is 18.5 Å². The number of ether oxygens (including phenoxy) is 2. The Balaban J connectivity index is 1.89. The Kier molecular flexibility index (Phi) is 7.86. The van der Waals surface area contributed by atoms with Crippen LogP contribution in [0.4, 0.5) is 5.69 Å². The number of carbonyl (C=O) groups is 2. The summed E-state index contributed by atoms with van der Waals surface area (Å²) < 4.78 is 10.6. The van der Waals surface area contributed by atoms with Crippen LogP contribution in [0, 0.1) is 0 Å². The molecule has 1 atom stereocenters. The van der Waals surface area contributed by atoms with E-state index in [4.69, 9.17) is 9.47 Å². The standard InChI is InChI=1S/C22H27NO4/c1-4-14-26-18-12-10-17(11-13-18)22(25)27-15-21(24)23-20-9-7-6-8-19(20)16(3)5-2/h6-13,16H,4-5,14-15H2,1-3H3,(H,23,24)/t16-/m1/s1. The van der Waals surface area contributed by atoms with E-state index in [0.29, 0.717) is 23.8 Å². The van der Waals surface area contributed by atoms with Crippen molar-refractivity contribution in [3.05, 3.63) is 59.7 Å². The van der Waals surface area contributed by atoms with Crippen molar-refractivity contribution in [2.24, 2.45) is 0 Å². The molecular formula is C22H27NO4. The van der Waals surface area contributed by atoms with E-state index in [0.717, 1.165) is 24.1 Å². The molecule has 0 heterocycles. The van der Waals surface area contributed by atoms with Crippen molar-refractivity contribution in [1.82, 2.24) is 0 Å². The highest BCUT2D eigenvalue weighted by Crippen LogP contribution is 2.26. The molecule has 2 aromatic rings. The summed E-state index contributed by atoms with van der Waals surface area (Å²) in [5.74, 6) is 0.134. The quantitative estimate of drug-likeness (QED) is 0.646. The van der Waals surface area contributed by atoms with Gasteiger partial charge < -0.3 is 14.8 Å². The normalized spacial score (nSPS) is 11.5. The first-order valence-corrected chi connectivity index (χ1v) is 9.33. The molecule has 0 bridgehead atoms. The zero-order chi connectivity index (χ0) is 19.6. The number of anilines is 1. The van der Waals surface area contributed by atoms with E-state index in [2.05, 4.69) is 19.2 Å². The van der Waals surface area contributed by atoms with E-state index in [1.165, 1.54) is 0 Å². The topological polar surface area (TPSA) is 64.6 Å². The van der Waals surface area contributed by atoms with Crippen LogP contribution in [0.3, 0.4) is 0 Å². The molecule has 0 aromatic heterocycles. The van der Waals surface area contributed by atoms with Crippen LogP contribution < -0.4 is 10.1 Å². The fourth-order valence-electron chi connectivity index (χ4n) is 2.57. The van der Waals surface area contributed by atoms with Gasteiger partial charge in [0.2, 0.25) is 0 Å². The minimum atomic E-state index is -0.539. The van der Waals surface area contributed by atoms with Crippen LogP contribution in [0.15, 0.2) is 48.5 Å². The van der Waals surface area contributed by atoms with Gasteiger partial charge in [-0.3, -0.25) is 4.79 Å². The van der Waals surface area contributed by atoms with Gasteiger partial charge in [-0.1, -0.05) is 39.0 Å². The van der Waals surface area contributed by atoms with Crippen molar-refractivity contribution in [3.63, 3.8) is 0 Å². The molecule has 144 valence electrons. The lowest BCUT2D eigenvalue weighted by Gasteiger charge is -2.15. The van der Waals surface area contributed by atoms with E-state index in [9.17, 15) is 9.59 Å². The Morgan fingerprint density at radius 3 is 2.41 bits per heavy atom. The SMILES string of the molecule is CCCOc1ccc(C(=O)OCC(=O)Nc2ccccc2[C@H](C)CC)cc1. The second-order valence-corrected chi connectivity index (χ2v) is 6.39. The van der Waals surface area contributed by atoms with Gasteiger partial charge in [0, 0.05) is 5.69 Å². The van der Waals surface area contributed by atoms with Gasteiger partial charge in [-0.15, -0.1) is 0 Å². The predicted molar refractivity (Wildman–Crippen MR) is 106 cm³/mol. The van der Waals surface area contributed by atoms with Gasteiger partial charge in [-0.25, -0.2) is 4.79 Å². The molecule has 0 spiro atoms. The van der Waals surface area contributed by atoms with E-state index in [1.54, 1.807) is 24.3 Å². The summed E-state index contributed by atoms with van der Waals surface area (Å²) in [4.78, 5) is 24.3. The van der Waals surface area contributed by atoms with Gasteiger partial charge in [0.25, 0.3) is 5.91 Å². The van der Waals surface area contributed by atoms with Crippen molar-refractivity contribution >= 4 is 17.6 Å². The summed E-state index contributed by atoms with van der Waals surface area (Å²) in [7, 11) is 0. The van der Waals surface area contributed by atoms with E-state index in [1.807, 2.05) is 31.2 Å². The molecule has 0 unspecified atom stereocenters. The molecule has 0 saturated heterocycles. The molecular weight excluding hydrogens is 342 g/mol. The van der Waals surface area contributed by atoms with Crippen LogP contribution in [0.25, 0.3) is 0 Å². The Morgan fingerprint density at radius 2 is 1.74 bits per heavy atom. The maximum absolute atomic E-state index is 12.2. The highest BCUT2D eigenvalue weighted by molar-refractivity contribution is 5.96. The lowest BCUT2D eigenvalue weighted by molar-refractivity contribution is -0.119. The third-order valence-corrected chi connectivity index (χ3v) is 4.28. The van der Waals surface area contributed by atoms with Gasteiger partial charge in [-0.05, 0) is 54.7 Å². The maximum Gasteiger partial charge on any atom is 0.338 e. The number of hydrogen-bond donors (Lipinski definition) is 1. The van der Waals surface area contributed by atoms with Crippen LogP contribution >= 0.6 is 0 Å². The minimum absolute atomic E-state index is 0.331. The highest BCUT2D eigenvalue weighted by Gasteiger charge is 2.13. The molecule has 0 aliphatic carbocycles. The first-order chi connectivity index (χ1) is 13.0. The van der Waals surface area contributed by atoms with Gasteiger partial charge in [-0.2, -0.15) is 0 Å². The number of hydrogen-bond acceptors (Lipinski definition) is 4. The monoisotopic (exact) mass is 369 g/mol. The average Bonchev–Trinajstić information content (AvgIpc) is 2.70. The van der Waals surface area contributed by atoms with E-state index < -0.39 is 5.97 Å². The Labute approximate surface area is 160 Å². The fourth-order valence-corrected chi connectivity index (χ4v) is 2.57. The van der Waals surface area contributed by atoms with Crippen LogP contribution in [-0.2, 0) is 9.53 Å². The van der Waals surface area contributed by atoms with E-state index in [-0.39, 0.29) is 12.5 Å². The smallest absolute Gasteiger partial charge is 0.338 e. The zero-order valence-corrected chi connectivity index (χ0v) is 16.2. The molecule has 1 N–H and O–H groups in total. The molecule has 27 heavy (non-hydrogen) atoms. The van der Waals surface area contributed by atoms with Crippen LogP contribution in [-0.4, -0.2) is 25.1 Å². The van der Waals surface area contributed by atoms with Crippen molar-refractivity contribution < 1.29 is 19.1 Å². The number of nitrogens with one attached hydrogen (secondary N) is 1. The summed E-state index contributed by atoms with van der Waals surface area (Å²) in [5, 5.41) is 2.83. The molecule has 2 aromatic carbocycles. The predicted octanol–water partition coefficient (Wildman–Crippen LogP) is 4.78. The Bertz CT molecular complexity index is 755. The summed E-state index contributed by atoms with van der Waals surface area (Å²) in [5.41, 5.74) is 2.21. The number of para-hydroxylation sites is 1.